The number of nitrogens with zero attached hydrogens (tertiary/aromatic N) is 5. The van der Waals surface area contributed by atoms with Crippen LogP contribution in [-0.2, 0) is 23.8 Å². The highest BCUT2D eigenvalue weighted by molar-refractivity contribution is 6.11. The second kappa shape index (κ2) is 7.81. The molecule has 34 heavy (non-hydrogen) atoms. The quantitative estimate of drug-likeness (QED) is 0.334. The Hall–Kier alpha value is -2.91. The Morgan fingerprint density at radius 1 is 1.35 bits per heavy atom. The van der Waals surface area contributed by atoms with Crippen molar-refractivity contribution in [2.45, 2.75) is 62.2 Å². The topological polar surface area (TPSA) is 187 Å². The van der Waals surface area contributed by atoms with E-state index in [9.17, 15) is 19.8 Å². The third kappa shape index (κ3) is 3.03. The minimum atomic E-state index is -1.82. The number of amides is 2. The molecule has 14 heteroatoms. The van der Waals surface area contributed by atoms with Gasteiger partial charge in [-0.25, -0.2) is 15.0 Å². The number of aliphatic hydroxyl groups is 2. The van der Waals surface area contributed by atoms with Crippen LogP contribution in [-0.4, -0.2) is 102 Å². The molecule has 0 radical (unpaired) electrons. The summed E-state index contributed by atoms with van der Waals surface area (Å²) < 4.78 is 18.9. The van der Waals surface area contributed by atoms with E-state index in [0.29, 0.717) is 24.2 Å². The van der Waals surface area contributed by atoms with Crippen molar-refractivity contribution in [3.8, 4) is 0 Å². The highest BCUT2D eigenvalue weighted by Gasteiger charge is 2.72. The number of ether oxygens (including phenoxy) is 3. The van der Waals surface area contributed by atoms with Crippen LogP contribution in [0.5, 0.6) is 0 Å². The molecule has 2 amide bonds. The summed E-state index contributed by atoms with van der Waals surface area (Å²) >= 11 is 0. The van der Waals surface area contributed by atoms with Crippen molar-refractivity contribution in [1.29, 1.82) is 0 Å². The molecule has 2 aromatic rings. The van der Waals surface area contributed by atoms with Crippen molar-refractivity contribution < 1.29 is 34.0 Å². The molecule has 5 rings (SSSR count). The maximum absolute atomic E-state index is 13.3. The maximum Gasteiger partial charge on any atom is 0.269 e. The van der Waals surface area contributed by atoms with E-state index in [0.717, 1.165) is 0 Å². The van der Waals surface area contributed by atoms with Crippen LogP contribution in [0.3, 0.4) is 0 Å². The lowest BCUT2D eigenvalue weighted by Gasteiger charge is -2.34. The summed E-state index contributed by atoms with van der Waals surface area (Å²) in [7, 11) is 1.58. The Bertz CT molecular complexity index is 1140. The average Bonchev–Trinajstić information content (AvgIpc) is 3.50. The average molecular weight is 477 g/mol. The SMILES string of the molecule is CCO[C@@H]1C[C@@]2(C)O[C@]1(C(=O)NC[C@H]1O[C@@H](n3cnc4c(N)ncnc43)[C@H](O)[C@@H]1O)C(=O)N2C. The van der Waals surface area contributed by atoms with Gasteiger partial charge in [0, 0.05) is 26.6 Å². The highest BCUT2D eigenvalue weighted by atomic mass is 16.6. The molecular weight excluding hydrogens is 450 g/mol. The Morgan fingerprint density at radius 2 is 2.12 bits per heavy atom. The second-order valence-electron chi connectivity index (χ2n) is 8.86. The summed E-state index contributed by atoms with van der Waals surface area (Å²) in [5, 5.41) is 23.8. The molecule has 0 saturated carbocycles. The first-order valence-corrected chi connectivity index (χ1v) is 11.0. The van der Waals surface area contributed by atoms with E-state index in [1.807, 2.05) is 0 Å². The number of piperidine rings is 1. The van der Waals surface area contributed by atoms with E-state index in [1.165, 1.54) is 22.1 Å². The number of aromatic nitrogens is 4. The van der Waals surface area contributed by atoms with Gasteiger partial charge in [0.15, 0.2) is 17.7 Å². The number of hydrogen-bond acceptors (Lipinski definition) is 11. The van der Waals surface area contributed by atoms with Crippen LogP contribution in [0.15, 0.2) is 12.7 Å². The predicted octanol–water partition coefficient (Wildman–Crippen LogP) is -2.10. The van der Waals surface area contributed by atoms with Crippen LogP contribution >= 0.6 is 0 Å². The normalized spacial score (nSPS) is 37.1. The summed E-state index contributed by atoms with van der Waals surface area (Å²) in [6.07, 6.45) is -2.46. The lowest BCUT2D eigenvalue weighted by molar-refractivity contribution is -0.162. The molecule has 3 aliphatic rings. The van der Waals surface area contributed by atoms with E-state index in [-0.39, 0.29) is 12.4 Å². The fourth-order valence-electron chi connectivity index (χ4n) is 4.97. The Balaban J connectivity index is 1.33. The lowest BCUT2D eigenvalue weighted by Crippen LogP contribution is -2.62. The zero-order chi connectivity index (χ0) is 24.4. The van der Waals surface area contributed by atoms with Crippen molar-refractivity contribution in [3.05, 3.63) is 12.7 Å². The van der Waals surface area contributed by atoms with Gasteiger partial charge in [-0.15, -0.1) is 0 Å². The summed E-state index contributed by atoms with van der Waals surface area (Å²) in [5.74, 6) is -1.02. The third-order valence-electron chi connectivity index (χ3n) is 6.90. The standard InChI is InChI=1S/C20H27N7O7/c1-4-32-10-5-19(2)26(3)18(31)20(10,34-19)17(30)22-6-9-12(28)13(29)16(33-9)27-8-25-11-14(21)23-7-24-15(11)27/h7-10,12-13,16,28-29H,4-6H2,1-3H3,(H,22,30)(H2,21,23,24)/t9-,10-,12-,13-,16-,19-,20-/m1/s1. The Kier molecular flexibility index (Phi) is 5.25. The predicted molar refractivity (Wildman–Crippen MR) is 114 cm³/mol. The van der Waals surface area contributed by atoms with Gasteiger partial charge in [0.05, 0.1) is 6.33 Å². The van der Waals surface area contributed by atoms with E-state index < -0.39 is 53.8 Å². The third-order valence-corrected chi connectivity index (χ3v) is 6.90. The molecule has 14 nitrogen and oxygen atoms in total. The number of carbonyl (C=O) groups is 2. The number of nitrogens with two attached hydrogens (primary N) is 1. The van der Waals surface area contributed by atoms with Crippen molar-refractivity contribution in [2.24, 2.45) is 0 Å². The number of aliphatic hydroxyl groups excluding tert-OH is 2. The summed E-state index contributed by atoms with van der Waals surface area (Å²) in [6, 6.07) is 0. The number of anilines is 1. The molecular formula is C20H27N7O7. The number of likely N-dealkylation sites (N-methyl/N-ethyl adjacent to an activating group) is 1. The molecule has 0 aliphatic carbocycles. The number of nitrogens with one attached hydrogen (secondary N) is 1. The largest absolute Gasteiger partial charge is 0.387 e. The molecule has 0 aromatic carbocycles. The Morgan fingerprint density at radius 3 is 2.82 bits per heavy atom. The van der Waals surface area contributed by atoms with Crippen molar-refractivity contribution in [1.82, 2.24) is 29.7 Å². The second-order valence-corrected chi connectivity index (χ2v) is 8.86. The first-order valence-electron chi connectivity index (χ1n) is 11.0. The molecule has 2 aromatic heterocycles. The maximum atomic E-state index is 13.3. The number of nitrogen functional groups attached to an aromatic ring is 1. The number of likely N-dealkylation sites (tertiary alicyclic amines) is 1. The molecule has 3 fully saturated rings. The van der Waals surface area contributed by atoms with Gasteiger partial charge in [0.2, 0.25) is 0 Å². The number of fused-ring (bicyclic) bond motifs is 3. The Labute approximate surface area is 194 Å². The highest BCUT2D eigenvalue weighted by Crippen LogP contribution is 2.49. The van der Waals surface area contributed by atoms with Gasteiger partial charge >= 0.3 is 0 Å². The monoisotopic (exact) mass is 477 g/mol. The smallest absolute Gasteiger partial charge is 0.269 e. The van der Waals surface area contributed by atoms with Gasteiger partial charge in [-0.2, -0.15) is 0 Å². The number of carbonyl (C=O) groups excluding carboxylic acids is 2. The summed E-state index contributed by atoms with van der Waals surface area (Å²) in [5.41, 5.74) is 3.69. The minimum Gasteiger partial charge on any atom is -0.387 e. The molecule has 5 N–H and O–H groups in total. The van der Waals surface area contributed by atoms with Crippen molar-refractivity contribution in [2.75, 3.05) is 25.9 Å². The van der Waals surface area contributed by atoms with Gasteiger partial charge in [0.1, 0.15) is 42.0 Å². The van der Waals surface area contributed by atoms with Crippen molar-refractivity contribution in [3.63, 3.8) is 0 Å². The van der Waals surface area contributed by atoms with E-state index in [1.54, 1.807) is 20.9 Å². The minimum absolute atomic E-state index is 0.165. The number of rotatable bonds is 6. The van der Waals surface area contributed by atoms with Crippen LogP contribution in [0.1, 0.15) is 26.5 Å². The molecule has 3 saturated heterocycles. The summed E-state index contributed by atoms with van der Waals surface area (Å²) in [4.78, 5) is 39.8. The van der Waals surface area contributed by atoms with Gasteiger partial charge in [0.25, 0.3) is 17.4 Å². The van der Waals surface area contributed by atoms with Crippen LogP contribution in [0, 0.1) is 0 Å². The number of imidazole rings is 1. The molecule has 184 valence electrons. The first kappa shape index (κ1) is 22.9. The molecule has 3 aliphatic heterocycles. The van der Waals surface area contributed by atoms with Gasteiger partial charge in [-0.3, -0.25) is 14.2 Å². The van der Waals surface area contributed by atoms with Gasteiger partial charge < -0.3 is 40.4 Å². The zero-order valence-electron chi connectivity index (χ0n) is 18.9. The molecule has 5 heterocycles. The van der Waals surface area contributed by atoms with Gasteiger partial charge in [-0.05, 0) is 13.8 Å². The van der Waals surface area contributed by atoms with Crippen molar-refractivity contribution >= 4 is 28.8 Å². The van der Waals surface area contributed by atoms with Crippen LogP contribution < -0.4 is 11.1 Å². The molecule has 0 unspecified atom stereocenters. The molecule has 0 spiro atoms. The van der Waals surface area contributed by atoms with Gasteiger partial charge in [-0.1, -0.05) is 0 Å². The van der Waals surface area contributed by atoms with E-state index in [4.69, 9.17) is 19.9 Å². The van der Waals surface area contributed by atoms with Crippen LogP contribution in [0.25, 0.3) is 11.2 Å². The fraction of sp³-hybridized carbons (Fsp3) is 0.650. The lowest BCUT2D eigenvalue weighted by atomic mass is 9.88. The number of hydrogen-bond donors (Lipinski definition) is 4. The fourth-order valence-corrected chi connectivity index (χ4v) is 4.97. The van der Waals surface area contributed by atoms with E-state index in [2.05, 4.69) is 20.3 Å². The first-order chi connectivity index (χ1) is 16.1. The zero-order valence-corrected chi connectivity index (χ0v) is 18.9. The molecule has 7 atom stereocenters. The van der Waals surface area contributed by atoms with Crippen LogP contribution in [0.2, 0.25) is 0 Å². The van der Waals surface area contributed by atoms with E-state index >= 15 is 0 Å². The summed E-state index contributed by atoms with van der Waals surface area (Å²) in [6.45, 7) is 3.63. The molecule has 2 bridgehead atoms. The van der Waals surface area contributed by atoms with Crippen LogP contribution in [0.4, 0.5) is 5.82 Å².